The molecule has 9 nitrogen and oxygen atoms in total. The van der Waals surface area contributed by atoms with E-state index in [0.29, 0.717) is 34.0 Å². The summed E-state index contributed by atoms with van der Waals surface area (Å²) >= 11 is 0. The molecule has 1 aromatic heterocycles. The van der Waals surface area contributed by atoms with E-state index in [1.165, 1.54) is 6.33 Å². The number of aromatic nitrogens is 2. The summed E-state index contributed by atoms with van der Waals surface area (Å²) in [6.45, 7) is 0.232. The summed E-state index contributed by atoms with van der Waals surface area (Å²) in [7, 11) is -0.703. The van der Waals surface area contributed by atoms with Crippen molar-refractivity contribution >= 4 is 26.8 Å². The third-order valence-electron chi connectivity index (χ3n) is 3.69. The number of nitrogens with one attached hydrogen (secondary N) is 1. The Morgan fingerprint density at radius 2 is 1.70 bits per heavy atom. The zero-order valence-corrected chi connectivity index (χ0v) is 15.5. The van der Waals surface area contributed by atoms with Crippen LogP contribution in [0.25, 0.3) is 10.9 Å². The van der Waals surface area contributed by atoms with Crippen LogP contribution in [0.15, 0.2) is 42.7 Å². The van der Waals surface area contributed by atoms with E-state index < -0.39 is 10.2 Å². The van der Waals surface area contributed by atoms with Gasteiger partial charge in [-0.1, -0.05) is 12.1 Å². The first kappa shape index (κ1) is 18.7. The Morgan fingerprint density at radius 3 is 2.33 bits per heavy atom. The molecule has 0 aliphatic carbocycles. The molecule has 0 radical (unpaired) electrons. The van der Waals surface area contributed by atoms with Gasteiger partial charge < -0.3 is 14.2 Å². The van der Waals surface area contributed by atoms with Gasteiger partial charge in [-0.25, -0.2) is 15.1 Å². The highest BCUT2D eigenvalue weighted by atomic mass is 32.2. The number of nitrogens with two attached hydrogens (primary N) is 1. The van der Waals surface area contributed by atoms with E-state index in [9.17, 15) is 8.42 Å². The number of hydrogen-bond acceptors (Lipinski definition) is 7. The molecule has 3 N–H and O–H groups in total. The van der Waals surface area contributed by atoms with E-state index in [0.717, 1.165) is 5.56 Å². The monoisotopic (exact) mass is 390 g/mol. The van der Waals surface area contributed by atoms with Crippen LogP contribution in [0.5, 0.6) is 17.4 Å². The lowest BCUT2D eigenvalue weighted by Crippen LogP contribution is -2.21. The third-order valence-corrected chi connectivity index (χ3v) is 4.21. The summed E-state index contributed by atoms with van der Waals surface area (Å²) in [6.07, 6.45) is 1.41. The number of hydrogen-bond donors (Lipinski definition) is 2. The molecule has 142 valence electrons. The summed E-state index contributed by atoms with van der Waals surface area (Å²) in [4.78, 5) is 8.40. The standard InChI is InChI=1S/C17H18N4O5S/c1-24-15-7-13-14(8-16(15)25-2)19-10-20-17(13)26-9-11-3-5-12(6-4-11)21-27(18,22)23/h3-8,10,21H,9H2,1-2H3,(H2,18,22,23). The maximum absolute atomic E-state index is 11.0. The second-order valence-corrected chi connectivity index (χ2v) is 6.83. The summed E-state index contributed by atoms with van der Waals surface area (Å²) in [5, 5.41) is 5.62. The van der Waals surface area contributed by atoms with Crippen LogP contribution in [0.1, 0.15) is 5.56 Å². The van der Waals surface area contributed by atoms with Crippen molar-refractivity contribution in [2.45, 2.75) is 6.61 Å². The molecular formula is C17H18N4O5S. The lowest BCUT2D eigenvalue weighted by molar-refractivity contribution is 0.297. The van der Waals surface area contributed by atoms with Crippen LogP contribution >= 0.6 is 0 Å². The van der Waals surface area contributed by atoms with Gasteiger partial charge in [-0.15, -0.1) is 0 Å². The molecule has 0 saturated heterocycles. The summed E-state index contributed by atoms with van der Waals surface area (Å²) in [5.41, 5.74) is 1.85. The number of ether oxygens (including phenoxy) is 3. The quantitative estimate of drug-likeness (QED) is 0.630. The van der Waals surface area contributed by atoms with Crippen LogP contribution in [0, 0.1) is 0 Å². The van der Waals surface area contributed by atoms with E-state index in [-0.39, 0.29) is 6.61 Å². The summed E-state index contributed by atoms with van der Waals surface area (Å²) in [6, 6.07) is 10.1. The summed E-state index contributed by atoms with van der Waals surface area (Å²) in [5.74, 6) is 1.50. The molecule has 0 atom stereocenters. The molecule has 0 unspecified atom stereocenters. The van der Waals surface area contributed by atoms with E-state index >= 15 is 0 Å². The fourth-order valence-electron chi connectivity index (χ4n) is 2.46. The first-order valence-electron chi connectivity index (χ1n) is 7.78. The minimum Gasteiger partial charge on any atom is -0.493 e. The molecule has 27 heavy (non-hydrogen) atoms. The Labute approximate surface area is 156 Å². The van der Waals surface area contributed by atoms with E-state index in [2.05, 4.69) is 14.7 Å². The van der Waals surface area contributed by atoms with E-state index in [1.807, 2.05) is 0 Å². The molecule has 2 aromatic carbocycles. The molecule has 1 heterocycles. The van der Waals surface area contributed by atoms with Crippen molar-refractivity contribution in [2.75, 3.05) is 18.9 Å². The van der Waals surface area contributed by atoms with Gasteiger partial charge in [0, 0.05) is 11.8 Å². The molecule has 0 amide bonds. The van der Waals surface area contributed by atoms with Gasteiger partial charge in [-0.2, -0.15) is 8.42 Å². The van der Waals surface area contributed by atoms with Crippen molar-refractivity contribution in [2.24, 2.45) is 5.14 Å². The van der Waals surface area contributed by atoms with Crippen molar-refractivity contribution in [1.29, 1.82) is 0 Å². The van der Waals surface area contributed by atoms with Crippen LogP contribution in [0.2, 0.25) is 0 Å². The van der Waals surface area contributed by atoms with Gasteiger partial charge in [-0.05, 0) is 23.8 Å². The van der Waals surface area contributed by atoms with Gasteiger partial charge >= 0.3 is 0 Å². The SMILES string of the molecule is COc1cc2ncnc(OCc3ccc(NS(N)(=O)=O)cc3)c2cc1OC. The topological polar surface area (TPSA) is 126 Å². The van der Waals surface area contributed by atoms with Crippen LogP contribution in [0.3, 0.4) is 0 Å². The summed E-state index contributed by atoms with van der Waals surface area (Å²) < 4.78 is 40.6. The van der Waals surface area contributed by atoms with Crippen molar-refractivity contribution < 1.29 is 22.6 Å². The number of fused-ring (bicyclic) bond motifs is 1. The zero-order chi connectivity index (χ0) is 19.4. The van der Waals surface area contributed by atoms with Crippen molar-refractivity contribution in [3.63, 3.8) is 0 Å². The van der Waals surface area contributed by atoms with Gasteiger partial charge in [0.1, 0.15) is 12.9 Å². The predicted molar refractivity (Wildman–Crippen MR) is 100 cm³/mol. The largest absolute Gasteiger partial charge is 0.493 e. The Morgan fingerprint density at radius 1 is 1.04 bits per heavy atom. The molecule has 10 heteroatoms. The molecule has 0 saturated carbocycles. The van der Waals surface area contributed by atoms with Crippen molar-refractivity contribution in [1.82, 2.24) is 9.97 Å². The molecule has 3 rings (SSSR count). The number of anilines is 1. The second kappa shape index (κ2) is 7.64. The van der Waals surface area contributed by atoms with Crippen LogP contribution in [-0.4, -0.2) is 32.6 Å². The normalized spacial score (nSPS) is 11.2. The Bertz CT molecular complexity index is 1050. The zero-order valence-electron chi connectivity index (χ0n) is 14.7. The van der Waals surface area contributed by atoms with Gasteiger partial charge in [-0.3, -0.25) is 4.72 Å². The maximum Gasteiger partial charge on any atom is 0.296 e. The minimum atomic E-state index is -3.80. The molecule has 0 spiro atoms. The maximum atomic E-state index is 11.0. The fraction of sp³-hybridized carbons (Fsp3) is 0.176. The highest BCUT2D eigenvalue weighted by molar-refractivity contribution is 7.90. The number of benzene rings is 2. The lowest BCUT2D eigenvalue weighted by Gasteiger charge is -2.12. The Balaban J connectivity index is 1.80. The predicted octanol–water partition coefficient (Wildman–Crippen LogP) is 1.84. The van der Waals surface area contributed by atoms with Gasteiger partial charge in [0.15, 0.2) is 11.5 Å². The fourth-order valence-corrected chi connectivity index (χ4v) is 2.92. The number of rotatable bonds is 7. The van der Waals surface area contributed by atoms with Gasteiger partial charge in [0.05, 0.1) is 25.1 Å². The van der Waals surface area contributed by atoms with Gasteiger partial charge in [0.25, 0.3) is 10.2 Å². The molecule has 0 fully saturated rings. The minimum absolute atomic E-state index is 0.232. The average molecular weight is 390 g/mol. The Kier molecular flexibility index (Phi) is 5.28. The second-order valence-electron chi connectivity index (χ2n) is 5.54. The first-order valence-corrected chi connectivity index (χ1v) is 9.33. The molecule has 0 bridgehead atoms. The molecule has 0 aliphatic rings. The number of methoxy groups -OCH3 is 2. The highest BCUT2D eigenvalue weighted by Gasteiger charge is 2.12. The van der Waals surface area contributed by atoms with E-state index in [4.69, 9.17) is 19.3 Å². The molecule has 3 aromatic rings. The van der Waals surface area contributed by atoms with E-state index in [1.54, 1.807) is 50.6 Å². The van der Waals surface area contributed by atoms with Crippen LogP contribution in [0.4, 0.5) is 5.69 Å². The lowest BCUT2D eigenvalue weighted by atomic mass is 10.2. The van der Waals surface area contributed by atoms with Crippen molar-refractivity contribution in [3.05, 3.63) is 48.3 Å². The van der Waals surface area contributed by atoms with Crippen LogP contribution in [-0.2, 0) is 16.8 Å². The Hall–Kier alpha value is -3.11. The molecular weight excluding hydrogens is 372 g/mol. The average Bonchev–Trinajstić information content (AvgIpc) is 2.65. The van der Waals surface area contributed by atoms with Gasteiger partial charge in [0.2, 0.25) is 5.88 Å². The number of nitrogens with zero attached hydrogens (tertiary/aromatic N) is 2. The van der Waals surface area contributed by atoms with Crippen LogP contribution < -0.4 is 24.1 Å². The van der Waals surface area contributed by atoms with Crippen molar-refractivity contribution in [3.8, 4) is 17.4 Å². The highest BCUT2D eigenvalue weighted by Crippen LogP contribution is 2.34. The third kappa shape index (κ3) is 4.54. The smallest absolute Gasteiger partial charge is 0.296 e. The first-order chi connectivity index (χ1) is 12.9. The molecule has 0 aliphatic heterocycles.